The summed E-state index contributed by atoms with van der Waals surface area (Å²) in [5, 5.41) is 7.18. The maximum atomic E-state index is 12.8. The largest absolute Gasteiger partial charge is 0.489 e. The van der Waals surface area contributed by atoms with Gasteiger partial charge >= 0.3 is 0 Å². The van der Waals surface area contributed by atoms with Crippen LogP contribution in [0.15, 0.2) is 83.4 Å². The van der Waals surface area contributed by atoms with Crippen molar-refractivity contribution in [2.24, 2.45) is 5.92 Å². The molecule has 1 aliphatic rings. The van der Waals surface area contributed by atoms with E-state index in [9.17, 15) is 4.79 Å². The molecule has 2 heterocycles. The van der Waals surface area contributed by atoms with Crippen molar-refractivity contribution in [1.82, 2.24) is 15.0 Å². The van der Waals surface area contributed by atoms with Gasteiger partial charge in [0.15, 0.2) is 0 Å². The number of rotatable bonds is 8. The van der Waals surface area contributed by atoms with Gasteiger partial charge < -0.3 is 14.6 Å². The molecule has 5 rings (SSSR count). The molecule has 4 aromatic rings. The van der Waals surface area contributed by atoms with Crippen LogP contribution >= 0.6 is 0 Å². The van der Waals surface area contributed by atoms with Crippen molar-refractivity contribution in [2.45, 2.75) is 32.9 Å². The highest BCUT2D eigenvalue weighted by molar-refractivity contribution is 5.92. The molecular weight excluding hydrogens is 452 g/mol. The zero-order valence-electron chi connectivity index (χ0n) is 20.4. The lowest BCUT2D eigenvalue weighted by Gasteiger charge is -2.30. The molecule has 0 unspecified atom stereocenters. The summed E-state index contributed by atoms with van der Waals surface area (Å²) in [5.74, 6) is 2.04. The van der Waals surface area contributed by atoms with E-state index in [1.807, 2.05) is 85.8 Å². The molecule has 1 amide bonds. The van der Waals surface area contributed by atoms with Gasteiger partial charge in [-0.05, 0) is 68.8 Å². The van der Waals surface area contributed by atoms with E-state index in [4.69, 9.17) is 9.26 Å². The van der Waals surface area contributed by atoms with E-state index in [1.165, 1.54) is 0 Å². The summed E-state index contributed by atoms with van der Waals surface area (Å²) in [5.41, 5.74) is 4.01. The van der Waals surface area contributed by atoms with Crippen LogP contribution in [0.25, 0.3) is 11.4 Å². The smallest absolute Gasteiger partial charge is 0.241 e. The van der Waals surface area contributed by atoms with E-state index in [1.54, 1.807) is 0 Å². The number of nitrogens with zero attached hydrogens (tertiary/aromatic N) is 3. The number of aromatic nitrogens is 2. The van der Waals surface area contributed by atoms with Crippen LogP contribution in [0.2, 0.25) is 0 Å². The lowest BCUT2D eigenvalue weighted by Crippen LogP contribution is -2.37. The highest BCUT2D eigenvalue weighted by atomic mass is 16.5. The number of aryl methyl sites for hydroxylation is 1. The quantitative estimate of drug-likeness (QED) is 0.358. The van der Waals surface area contributed by atoms with E-state index in [0.717, 1.165) is 54.1 Å². The molecule has 1 fully saturated rings. The average molecular weight is 483 g/mol. The maximum absolute atomic E-state index is 12.8. The van der Waals surface area contributed by atoms with Crippen molar-refractivity contribution in [1.29, 1.82) is 0 Å². The Morgan fingerprint density at radius 2 is 1.81 bits per heavy atom. The van der Waals surface area contributed by atoms with Crippen LogP contribution in [0.5, 0.6) is 5.75 Å². The number of nitrogens with one attached hydrogen (secondary N) is 1. The summed E-state index contributed by atoms with van der Waals surface area (Å²) in [4.78, 5) is 19.6. The second-order valence-electron chi connectivity index (χ2n) is 9.22. The predicted octanol–water partition coefficient (Wildman–Crippen LogP) is 5.47. The lowest BCUT2D eigenvalue weighted by molar-refractivity contribution is -0.121. The van der Waals surface area contributed by atoms with Crippen molar-refractivity contribution < 1.29 is 14.1 Å². The van der Waals surface area contributed by atoms with Crippen LogP contribution < -0.4 is 10.1 Å². The van der Waals surface area contributed by atoms with Crippen LogP contribution in [-0.4, -0.2) is 34.0 Å². The number of hydrogen-bond acceptors (Lipinski definition) is 6. The van der Waals surface area contributed by atoms with Crippen molar-refractivity contribution in [2.75, 3.05) is 18.4 Å². The Morgan fingerprint density at radius 1 is 1.03 bits per heavy atom. The van der Waals surface area contributed by atoms with Gasteiger partial charge in [0.1, 0.15) is 12.4 Å². The topological polar surface area (TPSA) is 80.5 Å². The molecule has 0 aliphatic carbocycles. The summed E-state index contributed by atoms with van der Waals surface area (Å²) < 4.78 is 11.3. The second kappa shape index (κ2) is 11.2. The standard InChI is InChI=1S/C29H30N4O3/c1-21-6-5-9-24(18-21)28-31-27(36-32-28)19-33-16-14-23(15-17-33)29(34)30-25-10-12-26(13-11-25)35-20-22-7-3-2-4-8-22/h2-13,18,23H,14-17,19-20H2,1H3,(H,30,34). The molecule has 0 atom stereocenters. The van der Waals surface area contributed by atoms with Gasteiger partial charge in [0.05, 0.1) is 6.54 Å². The molecule has 184 valence electrons. The fraction of sp³-hybridized carbons (Fsp3) is 0.276. The number of benzene rings is 3. The van der Waals surface area contributed by atoms with Crippen LogP contribution in [0, 0.1) is 12.8 Å². The third-order valence-electron chi connectivity index (χ3n) is 6.43. The Balaban J connectivity index is 1.07. The molecule has 0 saturated carbocycles. The van der Waals surface area contributed by atoms with E-state index in [-0.39, 0.29) is 11.8 Å². The first-order valence-electron chi connectivity index (χ1n) is 12.3. The summed E-state index contributed by atoms with van der Waals surface area (Å²) in [7, 11) is 0. The molecule has 1 N–H and O–H groups in total. The van der Waals surface area contributed by atoms with Gasteiger partial charge in [-0.25, -0.2) is 0 Å². The van der Waals surface area contributed by atoms with Crippen LogP contribution in [-0.2, 0) is 17.9 Å². The molecule has 7 heteroatoms. The molecule has 0 radical (unpaired) electrons. The predicted molar refractivity (Wildman–Crippen MR) is 138 cm³/mol. The van der Waals surface area contributed by atoms with Gasteiger partial charge in [0.2, 0.25) is 17.6 Å². The third kappa shape index (κ3) is 6.17. The molecule has 0 spiro atoms. The molecular formula is C29H30N4O3. The first kappa shape index (κ1) is 23.8. The maximum Gasteiger partial charge on any atom is 0.241 e. The first-order valence-corrected chi connectivity index (χ1v) is 12.3. The fourth-order valence-electron chi connectivity index (χ4n) is 4.38. The number of hydrogen-bond donors (Lipinski definition) is 1. The minimum atomic E-state index is -0.0132. The molecule has 1 aliphatic heterocycles. The van der Waals surface area contributed by atoms with E-state index >= 15 is 0 Å². The van der Waals surface area contributed by atoms with Crippen LogP contribution in [0.4, 0.5) is 5.69 Å². The number of piperidine rings is 1. The highest BCUT2D eigenvalue weighted by Crippen LogP contribution is 2.23. The van der Waals surface area contributed by atoms with Crippen molar-refractivity contribution >= 4 is 11.6 Å². The fourth-order valence-corrected chi connectivity index (χ4v) is 4.38. The Kier molecular flexibility index (Phi) is 7.38. The van der Waals surface area contributed by atoms with E-state index in [0.29, 0.717) is 24.9 Å². The lowest BCUT2D eigenvalue weighted by atomic mass is 9.96. The molecule has 36 heavy (non-hydrogen) atoms. The molecule has 3 aromatic carbocycles. The summed E-state index contributed by atoms with van der Waals surface area (Å²) in [6, 6.07) is 25.6. The zero-order chi connectivity index (χ0) is 24.7. The number of carbonyl (C=O) groups is 1. The van der Waals surface area contributed by atoms with Gasteiger partial charge in [-0.1, -0.05) is 59.3 Å². The van der Waals surface area contributed by atoms with E-state index in [2.05, 4.69) is 20.4 Å². The number of carbonyl (C=O) groups excluding carboxylic acids is 1. The molecule has 1 saturated heterocycles. The number of amides is 1. The van der Waals surface area contributed by atoms with Crippen molar-refractivity contribution in [3.05, 3.63) is 95.9 Å². The minimum absolute atomic E-state index is 0.0132. The second-order valence-corrected chi connectivity index (χ2v) is 9.22. The van der Waals surface area contributed by atoms with Gasteiger partial charge in [-0.2, -0.15) is 4.98 Å². The summed E-state index contributed by atoms with van der Waals surface area (Å²) >= 11 is 0. The first-order chi connectivity index (χ1) is 17.6. The van der Waals surface area contributed by atoms with Gasteiger partial charge in [0.25, 0.3) is 0 Å². The monoisotopic (exact) mass is 482 g/mol. The SMILES string of the molecule is Cc1cccc(-c2noc(CN3CCC(C(=O)Nc4ccc(OCc5ccccc5)cc4)CC3)n2)c1. The Hall–Kier alpha value is -3.97. The summed E-state index contributed by atoms with van der Waals surface area (Å²) in [6.45, 7) is 4.78. The number of likely N-dealkylation sites (tertiary alicyclic amines) is 1. The Morgan fingerprint density at radius 3 is 2.56 bits per heavy atom. The molecule has 7 nitrogen and oxygen atoms in total. The Labute approximate surface area is 211 Å². The van der Waals surface area contributed by atoms with Gasteiger partial charge in [0, 0.05) is 17.2 Å². The number of anilines is 1. The minimum Gasteiger partial charge on any atom is -0.489 e. The van der Waals surface area contributed by atoms with Crippen molar-refractivity contribution in [3.8, 4) is 17.1 Å². The molecule has 0 bridgehead atoms. The van der Waals surface area contributed by atoms with Gasteiger partial charge in [-0.15, -0.1) is 0 Å². The van der Waals surface area contributed by atoms with E-state index < -0.39 is 0 Å². The molecule has 1 aromatic heterocycles. The van der Waals surface area contributed by atoms with Crippen molar-refractivity contribution in [3.63, 3.8) is 0 Å². The summed E-state index contributed by atoms with van der Waals surface area (Å²) in [6.07, 6.45) is 1.59. The van der Waals surface area contributed by atoms with Crippen LogP contribution in [0.1, 0.15) is 29.9 Å². The highest BCUT2D eigenvalue weighted by Gasteiger charge is 2.26. The normalized spacial score (nSPS) is 14.5. The Bertz CT molecular complexity index is 1280. The zero-order valence-corrected chi connectivity index (χ0v) is 20.4. The number of ether oxygens (including phenoxy) is 1. The third-order valence-corrected chi connectivity index (χ3v) is 6.43. The van der Waals surface area contributed by atoms with Crippen LogP contribution in [0.3, 0.4) is 0 Å². The average Bonchev–Trinajstić information content (AvgIpc) is 3.38. The van der Waals surface area contributed by atoms with Gasteiger partial charge in [-0.3, -0.25) is 9.69 Å².